The molecule has 8 heteroatoms. The van der Waals surface area contributed by atoms with Crippen LogP contribution >= 0.6 is 23.1 Å². The SMILES string of the molecule is Cc1csc(NC(=O)C[C@@H]2CSc3nc4c(c(=O)n32)CCC4)n1. The molecule has 2 aliphatic rings. The van der Waals surface area contributed by atoms with Gasteiger partial charge in [0.15, 0.2) is 10.3 Å². The van der Waals surface area contributed by atoms with Gasteiger partial charge in [-0.25, -0.2) is 9.97 Å². The van der Waals surface area contributed by atoms with Crippen LogP contribution in [0, 0.1) is 6.92 Å². The van der Waals surface area contributed by atoms with Crippen LogP contribution in [-0.2, 0) is 17.6 Å². The van der Waals surface area contributed by atoms with Gasteiger partial charge in [-0.2, -0.15) is 0 Å². The Morgan fingerprint density at radius 3 is 3.09 bits per heavy atom. The lowest BCUT2D eigenvalue weighted by Crippen LogP contribution is -2.30. The number of nitrogens with zero attached hydrogens (tertiary/aromatic N) is 3. The molecule has 0 spiro atoms. The van der Waals surface area contributed by atoms with Crippen molar-refractivity contribution in [2.24, 2.45) is 0 Å². The van der Waals surface area contributed by atoms with Crippen molar-refractivity contribution in [2.45, 2.75) is 43.8 Å². The molecule has 23 heavy (non-hydrogen) atoms. The quantitative estimate of drug-likeness (QED) is 0.860. The first-order valence-electron chi connectivity index (χ1n) is 7.61. The smallest absolute Gasteiger partial charge is 0.257 e. The molecule has 6 nitrogen and oxygen atoms in total. The number of thioether (sulfide) groups is 1. The molecule has 0 saturated heterocycles. The van der Waals surface area contributed by atoms with Crippen molar-refractivity contribution in [2.75, 3.05) is 11.1 Å². The summed E-state index contributed by atoms with van der Waals surface area (Å²) in [5.41, 5.74) is 2.74. The molecule has 0 saturated carbocycles. The van der Waals surface area contributed by atoms with Crippen LogP contribution < -0.4 is 10.9 Å². The van der Waals surface area contributed by atoms with Gasteiger partial charge in [-0.05, 0) is 26.2 Å². The monoisotopic (exact) mass is 348 g/mol. The first-order chi connectivity index (χ1) is 11.1. The zero-order valence-electron chi connectivity index (χ0n) is 12.7. The molecule has 1 atom stereocenters. The maximum absolute atomic E-state index is 12.7. The van der Waals surface area contributed by atoms with E-state index in [1.54, 1.807) is 16.3 Å². The molecular weight excluding hydrogens is 332 g/mol. The van der Waals surface area contributed by atoms with E-state index >= 15 is 0 Å². The number of anilines is 1. The van der Waals surface area contributed by atoms with Crippen LogP contribution in [0.1, 0.15) is 35.8 Å². The van der Waals surface area contributed by atoms with E-state index in [2.05, 4.69) is 15.3 Å². The molecule has 0 radical (unpaired) electrons. The summed E-state index contributed by atoms with van der Waals surface area (Å²) < 4.78 is 1.72. The Hall–Kier alpha value is -1.67. The molecule has 0 bridgehead atoms. The molecule has 2 aromatic heterocycles. The van der Waals surface area contributed by atoms with Gasteiger partial charge >= 0.3 is 0 Å². The molecule has 4 rings (SSSR count). The first kappa shape index (κ1) is 14.9. The van der Waals surface area contributed by atoms with Crippen molar-refractivity contribution in [3.8, 4) is 0 Å². The topological polar surface area (TPSA) is 76.9 Å². The van der Waals surface area contributed by atoms with Crippen molar-refractivity contribution < 1.29 is 4.79 Å². The standard InChI is InChI=1S/C15H16N4O2S2/c1-8-6-22-14(16-8)18-12(20)5-9-7-23-15-17-11-4-2-3-10(11)13(21)19(9)15/h6,9H,2-5,7H2,1H3,(H,16,18,20)/t9-/m1/s1. The summed E-state index contributed by atoms with van der Waals surface area (Å²) in [6, 6.07) is -0.123. The molecule has 1 aliphatic heterocycles. The minimum Gasteiger partial charge on any atom is -0.302 e. The number of hydrogen-bond acceptors (Lipinski definition) is 6. The van der Waals surface area contributed by atoms with Gasteiger partial charge in [-0.1, -0.05) is 11.8 Å². The van der Waals surface area contributed by atoms with Crippen LogP contribution in [0.25, 0.3) is 0 Å². The van der Waals surface area contributed by atoms with Gasteiger partial charge in [0, 0.05) is 23.1 Å². The van der Waals surface area contributed by atoms with Crippen LogP contribution in [0.2, 0.25) is 0 Å². The molecule has 3 heterocycles. The summed E-state index contributed by atoms with van der Waals surface area (Å²) in [6.07, 6.45) is 2.98. The third-order valence-electron chi connectivity index (χ3n) is 4.16. The largest absolute Gasteiger partial charge is 0.302 e. The first-order valence-corrected chi connectivity index (χ1v) is 9.47. The Bertz CT molecular complexity index is 842. The molecule has 2 aromatic rings. The van der Waals surface area contributed by atoms with Crippen molar-refractivity contribution in [3.05, 3.63) is 32.7 Å². The number of fused-ring (bicyclic) bond motifs is 2. The second kappa shape index (κ2) is 5.76. The van der Waals surface area contributed by atoms with Crippen molar-refractivity contribution in [1.29, 1.82) is 0 Å². The van der Waals surface area contributed by atoms with E-state index in [9.17, 15) is 9.59 Å². The van der Waals surface area contributed by atoms with Crippen LogP contribution in [-0.4, -0.2) is 26.2 Å². The fourth-order valence-corrected chi connectivity index (χ4v) is 4.96. The fraction of sp³-hybridized carbons (Fsp3) is 0.467. The maximum Gasteiger partial charge on any atom is 0.257 e. The summed E-state index contributed by atoms with van der Waals surface area (Å²) in [4.78, 5) is 33.8. The molecule has 120 valence electrons. The lowest BCUT2D eigenvalue weighted by atomic mass is 10.2. The highest BCUT2D eigenvalue weighted by Crippen LogP contribution is 2.34. The number of nitrogens with one attached hydrogen (secondary N) is 1. The third kappa shape index (κ3) is 2.70. The van der Waals surface area contributed by atoms with Gasteiger partial charge in [0.1, 0.15) is 0 Å². The molecule has 1 aliphatic carbocycles. The number of aryl methyl sites for hydroxylation is 2. The lowest BCUT2D eigenvalue weighted by Gasteiger charge is -2.13. The lowest BCUT2D eigenvalue weighted by molar-refractivity contribution is -0.116. The number of carbonyl (C=O) groups is 1. The fourth-order valence-electron chi connectivity index (χ4n) is 3.10. The van der Waals surface area contributed by atoms with E-state index in [0.29, 0.717) is 5.13 Å². The number of aromatic nitrogens is 3. The minimum absolute atomic E-state index is 0.0513. The molecular formula is C15H16N4O2S2. The zero-order valence-corrected chi connectivity index (χ0v) is 14.3. The van der Waals surface area contributed by atoms with Crippen molar-refractivity contribution in [1.82, 2.24) is 14.5 Å². The van der Waals surface area contributed by atoms with E-state index < -0.39 is 0 Å². The van der Waals surface area contributed by atoms with E-state index in [1.165, 1.54) is 11.3 Å². The maximum atomic E-state index is 12.7. The average Bonchev–Trinajstić information content (AvgIpc) is 3.20. The van der Waals surface area contributed by atoms with E-state index in [1.807, 2.05) is 12.3 Å². The Kier molecular flexibility index (Phi) is 3.73. The average molecular weight is 348 g/mol. The second-order valence-electron chi connectivity index (χ2n) is 5.86. The van der Waals surface area contributed by atoms with Gasteiger partial charge in [-0.15, -0.1) is 11.3 Å². The highest BCUT2D eigenvalue weighted by molar-refractivity contribution is 7.99. The van der Waals surface area contributed by atoms with Crippen molar-refractivity contribution >= 4 is 34.1 Å². The summed E-state index contributed by atoms with van der Waals surface area (Å²) in [5.74, 6) is 0.611. The highest BCUT2D eigenvalue weighted by Gasteiger charge is 2.31. The van der Waals surface area contributed by atoms with Crippen molar-refractivity contribution in [3.63, 3.8) is 0 Å². The van der Waals surface area contributed by atoms with E-state index in [4.69, 9.17) is 0 Å². The molecule has 0 unspecified atom stereocenters. The number of hydrogen-bond donors (Lipinski definition) is 1. The van der Waals surface area contributed by atoms with Crippen LogP contribution in [0.4, 0.5) is 5.13 Å². The van der Waals surface area contributed by atoms with Gasteiger partial charge in [-0.3, -0.25) is 14.2 Å². The van der Waals surface area contributed by atoms with Crippen LogP contribution in [0.15, 0.2) is 15.3 Å². The predicted octanol–water partition coefficient (Wildman–Crippen LogP) is 2.17. The zero-order chi connectivity index (χ0) is 16.0. The Balaban J connectivity index is 1.55. The van der Waals surface area contributed by atoms with Gasteiger partial charge in [0.2, 0.25) is 5.91 Å². The third-order valence-corrected chi connectivity index (χ3v) is 6.13. The molecule has 0 aromatic carbocycles. The highest BCUT2D eigenvalue weighted by atomic mass is 32.2. The number of amides is 1. The number of carbonyl (C=O) groups excluding carboxylic acids is 1. The number of rotatable bonds is 3. The summed E-state index contributed by atoms with van der Waals surface area (Å²) in [7, 11) is 0. The Labute approximate surface area is 141 Å². The summed E-state index contributed by atoms with van der Waals surface area (Å²) in [6.45, 7) is 1.89. The summed E-state index contributed by atoms with van der Waals surface area (Å²) in [5, 5.41) is 6.08. The van der Waals surface area contributed by atoms with Crippen LogP contribution in [0.3, 0.4) is 0 Å². The van der Waals surface area contributed by atoms with E-state index in [-0.39, 0.29) is 23.9 Å². The molecule has 1 amide bonds. The summed E-state index contributed by atoms with van der Waals surface area (Å²) >= 11 is 2.98. The Morgan fingerprint density at radius 1 is 1.43 bits per heavy atom. The van der Waals surface area contributed by atoms with Gasteiger partial charge < -0.3 is 5.32 Å². The minimum atomic E-state index is -0.123. The van der Waals surface area contributed by atoms with Gasteiger partial charge in [0.05, 0.1) is 17.4 Å². The Morgan fingerprint density at radius 2 is 2.30 bits per heavy atom. The van der Waals surface area contributed by atoms with E-state index in [0.717, 1.165) is 47.1 Å². The molecule has 0 fully saturated rings. The van der Waals surface area contributed by atoms with Gasteiger partial charge in [0.25, 0.3) is 5.56 Å². The van der Waals surface area contributed by atoms with Crippen LogP contribution in [0.5, 0.6) is 0 Å². The normalized spacial score (nSPS) is 18.7. The second-order valence-corrected chi connectivity index (χ2v) is 7.70. The number of thiazole rings is 1. The predicted molar refractivity (Wildman–Crippen MR) is 90.4 cm³/mol. The molecule has 1 N–H and O–H groups in total.